The highest BCUT2D eigenvalue weighted by atomic mass is 32.2. The van der Waals surface area contributed by atoms with Crippen molar-refractivity contribution in [2.75, 3.05) is 11.5 Å². The van der Waals surface area contributed by atoms with Crippen LogP contribution in [0.25, 0.3) is 0 Å². The van der Waals surface area contributed by atoms with Crippen molar-refractivity contribution in [3.63, 3.8) is 0 Å². The van der Waals surface area contributed by atoms with E-state index in [0.29, 0.717) is 17.7 Å². The van der Waals surface area contributed by atoms with Crippen molar-refractivity contribution in [3.8, 4) is 0 Å². The number of unbranched alkanes of at least 4 members (excludes halogenated alkanes) is 1. The van der Waals surface area contributed by atoms with E-state index in [9.17, 15) is 4.79 Å². The Hall–Kier alpha value is -0.270. The molecule has 2 saturated carbocycles. The van der Waals surface area contributed by atoms with Crippen LogP contribution in [0.4, 0.5) is 0 Å². The van der Waals surface area contributed by atoms with Crippen LogP contribution >= 0.6 is 34.9 Å². The fraction of sp³-hybridized carbons (Fsp3) is 0.824. The topological polar surface area (TPSA) is 54.9 Å². The summed E-state index contributed by atoms with van der Waals surface area (Å²) in [5.74, 6) is 4.14. The van der Waals surface area contributed by atoms with Gasteiger partial charge in [-0.2, -0.15) is 0 Å². The Morgan fingerprint density at radius 1 is 1.29 bits per heavy atom. The second-order valence-corrected chi connectivity index (χ2v) is 10.6. The molecule has 0 spiro atoms. The van der Waals surface area contributed by atoms with Crippen molar-refractivity contribution in [1.29, 1.82) is 0 Å². The summed E-state index contributed by atoms with van der Waals surface area (Å²) in [7, 11) is 0. The number of carbonyl (C=O) groups is 1. The van der Waals surface area contributed by atoms with Crippen molar-refractivity contribution < 1.29 is 4.79 Å². The van der Waals surface area contributed by atoms with Crippen molar-refractivity contribution >= 4 is 40.8 Å². The number of hydrogen-bond acceptors (Lipinski definition) is 6. The number of nitrogens with zero attached hydrogens (tertiary/aromatic N) is 2. The summed E-state index contributed by atoms with van der Waals surface area (Å²) in [6, 6.07) is 0.308. The number of carbonyl (C=O) groups excluding carboxylic acids is 1. The quantitative estimate of drug-likeness (QED) is 0.502. The van der Waals surface area contributed by atoms with Crippen molar-refractivity contribution in [2.45, 2.75) is 67.1 Å². The van der Waals surface area contributed by atoms with Gasteiger partial charge in [-0.15, -0.1) is 10.2 Å². The van der Waals surface area contributed by atoms with E-state index in [0.717, 1.165) is 26.3 Å². The lowest BCUT2D eigenvalue weighted by Crippen LogP contribution is -2.40. The summed E-state index contributed by atoms with van der Waals surface area (Å²) < 4.78 is 1.92. The van der Waals surface area contributed by atoms with Crippen LogP contribution in [0.1, 0.15) is 52.4 Å². The molecule has 2 bridgehead atoms. The minimum Gasteiger partial charge on any atom is -0.353 e. The number of hydrogen-bond donors (Lipinski definition) is 1. The van der Waals surface area contributed by atoms with E-state index in [-0.39, 0.29) is 5.91 Å². The van der Waals surface area contributed by atoms with Gasteiger partial charge in [-0.05, 0) is 50.4 Å². The number of fused-ring (bicyclic) bond motifs is 2. The summed E-state index contributed by atoms with van der Waals surface area (Å²) >= 11 is 4.88. The fourth-order valence-electron chi connectivity index (χ4n) is 4.05. The molecule has 0 unspecified atom stereocenters. The van der Waals surface area contributed by atoms with Crippen LogP contribution in [0.2, 0.25) is 0 Å². The monoisotopic (exact) mass is 385 g/mol. The van der Waals surface area contributed by atoms with Crippen molar-refractivity contribution in [3.05, 3.63) is 0 Å². The maximum Gasteiger partial charge on any atom is 0.230 e. The first-order chi connectivity index (χ1) is 11.7. The molecule has 1 aromatic rings. The molecule has 4 atom stereocenters. The molecule has 1 aromatic heterocycles. The van der Waals surface area contributed by atoms with E-state index in [1.165, 1.54) is 50.3 Å². The first-order valence-corrected chi connectivity index (χ1v) is 11.8. The van der Waals surface area contributed by atoms with Gasteiger partial charge in [0, 0.05) is 11.8 Å². The Labute approximate surface area is 157 Å². The normalized spacial score (nSPS) is 26.7. The molecular formula is C17H27N3OS3. The van der Waals surface area contributed by atoms with Crippen LogP contribution in [0, 0.1) is 17.8 Å². The SMILES string of the molecule is CCCCSc1nnc(SCC(=O)N[C@H](C)[C@H]2C[C@H]3CC[C@H]2C3)s1. The summed E-state index contributed by atoms with van der Waals surface area (Å²) in [4.78, 5) is 12.2. The number of amides is 1. The number of thioether (sulfide) groups is 2. The van der Waals surface area contributed by atoms with E-state index in [2.05, 4.69) is 29.4 Å². The highest BCUT2D eigenvalue weighted by Crippen LogP contribution is 2.49. The van der Waals surface area contributed by atoms with Gasteiger partial charge >= 0.3 is 0 Å². The van der Waals surface area contributed by atoms with Gasteiger partial charge in [0.05, 0.1) is 5.75 Å². The van der Waals surface area contributed by atoms with Gasteiger partial charge in [0.15, 0.2) is 8.68 Å². The smallest absolute Gasteiger partial charge is 0.230 e. The summed E-state index contributed by atoms with van der Waals surface area (Å²) in [5.41, 5.74) is 0. The minimum atomic E-state index is 0.130. The number of rotatable bonds is 9. The van der Waals surface area contributed by atoms with Crippen LogP contribution in [0.3, 0.4) is 0 Å². The highest BCUT2D eigenvalue weighted by Gasteiger charge is 2.42. The van der Waals surface area contributed by atoms with E-state index in [1.807, 2.05) is 0 Å². The molecule has 0 saturated heterocycles. The van der Waals surface area contributed by atoms with Crippen LogP contribution in [0.5, 0.6) is 0 Å². The molecule has 7 heteroatoms. The Kier molecular flexibility index (Phi) is 6.87. The molecule has 134 valence electrons. The maximum atomic E-state index is 12.2. The van der Waals surface area contributed by atoms with Gasteiger partial charge in [-0.1, -0.05) is 54.6 Å². The summed E-state index contributed by atoms with van der Waals surface area (Å²) in [5, 5.41) is 11.6. The molecule has 3 rings (SSSR count). The Balaban J connectivity index is 1.38. The molecule has 1 N–H and O–H groups in total. The molecule has 0 aliphatic heterocycles. The maximum absolute atomic E-state index is 12.2. The molecular weight excluding hydrogens is 358 g/mol. The van der Waals surface area contributed by atoms with Gasteiger partial charge in [0.2, 0.25) is 5.91 Å². The lowest BCUT2D eigenvalue weighted by Gasteiger charge is -2.28. The standard InChI is InChI=1S/C17H27N3OS3/c1-3-4-7-22-16-19-20-17(24-16)23-10-15(21)18-11(2)14-9-12-5-6-13(14)8-12/h11-14H,3-10H2,1-2H3,(H,18,21)/t11-,12+,13+,14-/m1/s1. The van der Waals surface area contributed by atoms with Gasteiger partial charge in [0.1, 0.15) is 0 Å². The molecule has 1 heterocycles. The zero-order valence-corrected chi connectivity index (χ0v) is 16.9. The Morgan fingerprint density at radius 2 is 2.08 bits per heavy atom. The predicted octanol–water partition coefficient (Wildman–Crippen LogP) is 4.46. The molecule has 0 aromatic carbocycles. The Morgan fingerprint density at radius 3 is 2.75 bits per heavy atom. The van der Waals surface area contributed by atoms with Gasteiger partial charge in [0.25, 0.3) is 0 Å². The van der Waals surface area contributed by atoms with E-state index in [4.69, 9.17) is 0 Å². The van der Waals surface area contributed by atoms with Crippen LogP contribution in [-0.4, -0.2) is 33.7 Å². The first kappa shape index (κ1) is 18.5. The predicted molar refractivity (Wildman–Crippen MR) is 103 cm³/mol. The third-order valence-electron chi connectivity index (χ3n) is 5.26. The molecule has 24 heavy (non-hydrogen) atoms. The largest absolute Gasteiger partial charge is 0.353 e. The first-order valence-electron chi connectivity index (χ1n) is 9.04. The minimum absolute atomic E-state index is 0.130. The van der Waals surface area contributed by atoms with Crippen LogP contribution in [0.15, 0.2) is 8.68 Å². The third-order valence-corrected chi connectivity index (χ3v) is 8.54. The van der Waals surface area contributed by atoms with Gasteiger partial charge in [-0.3, -0.25) is 4.79 Å². The summed E-state index contributed by atoms with van der Waals surface area (Å²) in [6.07, 6.45) is 7.89. The molecule has 0 radical (unpaired) electrons. The molecule has 4 nitrogen and oxygen atoms in total. The average molecular weight is 386 g/mol. The highest BCUT2D eigenvalue weighted by molar-refractivity contribution is 8.03. The van der Waals surface area contributed by atoms with Crippen molar-refractivity contribution in [2.24, 2.45) is 17.8 Å². The van der Waals surface area contributed by atoms with Crippen LogP contribution < -0.4 is 5.32 Å². The number of aromatic nitrogens is 2. The van der Waals surface area contributed by atoms with Gasteiger partial charge in [-0.25, -0.2) is 0 Å². The van der Waals surface area contributed by atoms with Gasteiger partial charge < -0.3 is 5.32 Å². The zero-order valence-electron chi connectivity index (χ0n) is 14.5. The lowest BCUT2D eigenvalue weighted by molar-refractivity contribution is -0.119. The van der Waals surface area contributed by atoms with E-state index < -0.39 is 0 Å². The molecule has 2 fully saturated rings. The van der Waals surface area contributed by atoms with Crippen LogP contribution in [-0.2, 0) is 4.79 Å². The molecule has 2 aliphatic carbocycles. The summed E-state index contributed by atoms with van der Waals surface area (Å²) in [6.45, 7) is 4.37. The Bertz CT molecular complexity index is 551. The second kappa shape index (κ2) is 8.90. The second-order valence-electron chi connectivity index (χ2n) is 7.02. The zero-order chi connectivity index (χ0) is 16.9. The average Bonchev–Trinajstić information content (AvgIpc) is 3.30. The third kappa shape index (κ3) is 4.88. The molecule has 1 amide bonds. The van der Waals surface area contributed by atoms with E-state index in [1.54, 1.807) is 23.1 Å². The molecule has 2 aliphatic rings. The fourth-order valence-corrected chi connectivity index (χ4v) is 7.04. The number of nitrogens with one attached hydrogen (secondary N) is 1. The van der Waals surface area contributed by atoms with Crippen molar-refractivity contribution in [1.82, 2.24) is 15.5 Å². The van der Waals surface area contributed by atoms with E-state index >= 15 is 0 Å². The lowest BCUT2D eigenvalue weighted by atomic mass is 9.84.